The van der Waals surface area contributed by atoms with Crippen LogP contribution in [0.25, 0.3) is 0 Å². The Morgan fingerprint density at radius 3 is 2.71 bits per heavy atom. The SMILES string of the molecule is C.Cc1cc(N2CCC(n3cc[n+](C)c3)C2)ccc1N.[Cl-]. The molecule has 1 aromatic heterocycles. The van der Waals surface area contributed by atoms with Crippen LogP contribution in [0.3, 0.4) is 0 Å². The number of nitrogen functional groups attached to an aromatic ring is 1. The van der Waals surface area contributed by atoms with Gasteiger partial charge in [-0.25, -0.2) is 9.13 Å². The second kappa shape index (κ2) is 6.85. The maximum absolute atomic E-state index is 5.88. The number of nitrogens with two attached hydrogens (primary N) is 1. The van der Waals surface area contributed by atoms with Crippen LogP contribution in [0.1, 0.15) is 25.5 Å². The average molecular weight is 309 g/mol. The number of benzene rings is 1. The number of aryl methyl sites for hydroxylation is 2. The first-order valence-electron chi connectivity index (χ1n) is 6.77. The Balaban J connectivity index is 0.00000110. The molecule has 0 saturated carbocycles. The molecule has 2 heterocycles. The fraction of sp³-hybridized carbons (Fsp3) is 0.438. The topological polar surface area (TPSA) is 38.1 Å². The van der Waals surface area contributed by atoms with Gasteiger partial charge in [-0.15, -0.1) is 0 Å². The highest BCUT2D eigenvalue weighted by atomic mass is 35.5. The van der Waals surface area contributed by atoms with E-state index < -0.39 is 0 Å². The summed E-state index contributed by atoms with van der Waals surface area (Å²) in [5.41, 5.74) is 9.20. The largest absolute Gasteiger partial charge is 1.00 e. The van der Waals surface area contributed by atoms with Gasteiger partial charge in [0.2, 0.25) is 6.33 Å². The van der Waals surface area contributed by atoms with Gasteiger partial charge in [0, 0.05) is 24.3 Å². The van der Waals surface area contributed by atoms with Crippen molar-refractivity contribution in [3.63, 3.8) is 0 Å². The molecule has 21 heavy (non-hydrogen) atoms. The average Bonchev–Trinajstić information content (AvgIpc) is 3.01. The van der Waals surface area contributed by atoms with E-state index in [1.807, 2.05) is 6.07 Å². The van der Waals surface area contributed by atoms with Crippen LogP contribution in [0.2, 0.25) is 0 Å². The standard InChI is InChI=1S/C15H21N4.CH4.ClH/c1-12-9-13(3-4-15(12)16)18-6-5-14(10-18)19-8-7-17(2)11-19;;/h3-4,7-9,11,14H,5-6,10,16H2,1-2H3;1H4;1H/q+1;;/p-1. The summed E-state index contributed by atoms with van der Waals surface area (Å²) < 4.78 is 4.40. The van der Waals surface area contributed by atoms with E-state index in [0.717, 1.165) is 24.3 Å². The monoisotopic (exact) mass is 308 g/mol. The molecule has 1 saturated heterocycles. The van der Waals surface area contributed by atoms with Crippen LogP contribution in [0, 0.1) is 6.92 Å². The second-order valence-corrected chi connectivity index (χ2v) is 5.46. The van der Waals surface area contributed by atoms with Gasteiger partial charge in [0.1, 0.15) is 18.4 Å². The highest BCUT2D eigenvalue weighted by molar-refractivity contribution is 5.58. The number of hydrogen-bond donors (Lipinski definition) is 1. The second-order valence-electron chi connectivity index (χ2n) is 5.46. The Labute approximate surface area is 133 Å². The first kappa shape index (κ1) is 17.4. The minimum absolute atomic E-state index is 0. The summed E-state index contributed by atoms with van der Waals surface area (Å²) in [6, 6.07) is 6.89. The van der Waals surface area contributed by atoms with Crippen molar-refractivity contribution < 1.29 is 17.0 Å². The zero-order chi connectivity index (χ0) is 13.4. The Morgan fingerprint density at radius 2 is 2.10 bits per heavy atom. The third kappa shape index (κ3) is 3.50. The molecule has 1 fully saturated rings. The third-order valence-corrected chi connectivity index (χ3v) is 3.99. The number of anilines is 2. The minimum atomic E-state index is 0. The fourth-order valence-electron chi connectivity index (χ4n) is 2.76. The highest BCUT2D eigenvalue weighted by Gasteiger charge is 2.27. The van der Waals surface area contributed by atoms with Crippen molar-refractivity contribution in [3.8, 4) is 0 Å². The molecule has 1 aliphatic heterocycles. The van der Waals surface area contributed by atoms with E-state index in [1.165, 1.54) is 12.1 Å². The molecule has 4 nitrogen and oxygen atoms in total. The van der Waals surface area contributed by atoms with E-state index >= 15 is 0 Å². The predicted molar refractivity (Wildman–Crippen MR) is 83.8 cm³/mol. The van der Waals surface area contributed by atoms with Gasteiger partial charge in [-0.3, -0.25) is 0 Å². The molecule has 1 atom stereocenters. The molecule has 0 spiro atoms. The quantitative estimate of drug-likeness (QED) is 0.588. The Hall–Kier alpha value is -1.68. The van der Waals surface area contributed by atoms with Gasteiger partial charge in [0.25, 0.3) is 0 Å². The summed E-state index contributed by atoms with van der Waals surface area (Å²) in [5, 5.41) is 0. The summed E-state index contributed by atoms with van der Waals surface area (Å²) >= 11 is 0. The molecule has 1 aliphatic rings. The van der Waals surface area contributed by atoms with Gasteiger partial charge in [-0.2, -0.15) is 0 Å². The number of halogens is 1. The fourth-order valence-corrected chi connectivity index (χ4v) is 2.76. The predicted octanol–water partition coefficient (Wildman–Crippen LogP) is -0.705. The molecule has 116 valence electrons. The molecule has 2 aromatic rings. The lowest BCUT2D eigenvalue weighted by Gasteiger charge is -2.18. The molecular weight excluding hydrogens is 284 g/mol. The van der Waals surface area contributed by atoms with Crippen LogP contribution in [0.5, 0.6) is 0 Å². The zero-order valence-electron chi connectivity index (χ0n) is 12.0. The summed E-state index contributed by atoms with van der Waals surface area (Å²) in [7, 11) is 2.06. The molecule has 0 aliphatic carbocycles. The summed E-state index contributed by atoms with van der Waals surface area (Å²) in [6.45, 7) is 4.24. The maximum Gasteiger partial charge on any atom is 0.243 e. The molecule has 3 rings (SSSR count). The van der Waals surface area contributed by atoms with Crippen molar-refractivity contribution in [2.75, 3.05) is 23.7 Å². The summed E-state index contributed by atoms with van der Waals surface area (Å²) in [6.07, 6.45) is 7.60. The van der Waals surface area contributed by atoms with E-state index in [9.17, 15) is 0 Å². The van der Waals surface area contributed by atoms with Gasteiger partial charge < -0.3 is 23.0 Å². The maximum atomic E-state index is 5.88. The van der Waals surface area contributed by atoms with Crippen molar-refractivity contribution in [1.82, 2.24) is 4.57 Å². The smallest absolute Gasteiger partial charge is 0.243 e. The van der Waals surface area contributed by atoms with Crippen LogP contribution >= 0.6 is 0 Å². The molecule has 1 unspecified atom stereocenters. The first-order chi connectivity index (χ1) is 9.13. The number of imidazole rings is 1. The molecule has 2 N–H and O–H groups in total. The molecule has 5 heteroatoms. The number of hydrogen-bond acceptors (Lipinski definition) is 2. The van der Waals surface area contributed by atoms with Crippen LogP contribution < -0.4 is 27.6 Å². The van der Waals surface area contributed by atoms with Gasteiger partial charge in [-0.05, 0) is 30.7 Å². The van der Waals surface area contributed by atoms with E-state index in [-0.39, 0.29) is 19.8 Å². The normalized spacial score (nSPS) is 17.2. The molecule has 0 amide bonds. The molecule has 0 bridgehead atoms. The highest BCUT2D eigenvalue weighted by Crippen LogP contribution is 2.28. The van der Waals surface area contributed by atoms with Crippen molar-refractivity contribution in [2.24, 2.45) is 7.05 Å². The molecular formula is C16H25ClN4. The van der Waals surface area contributed by atoms with E-state index in [0.29, 0.717) is 6.04 Å². The number of aromatic nitrogens is 2. The van der Waals surface area contributed by atoms with E-state index in [2.05, 4.69) is 58.9 Å². The van der Waals surface area contributed by atoms with Crippen molar-refractivity contribution in [3.05, 3.63) is 42.5 Å². The van der Waals surface area contributed by atoms with Crippen molar-refractivity contribution in [2.45, 2.75) is 26.8 Å². The lowest BCUT2D eigenvalue weighted by molar-refractivity contribution is -0.671. The Kier molecular flexibility index (Phi) is 5.67. The van der Waals surface area contributed by atoms with Crippen molar-refractivity contribution >= 4 is 11.4 Å². The van der Waals surface area contributed by atoms with Gasteiger partial charge in [0.05, 0.1) is 13.6 Å². The van der Waals surface area contributed by atoms with E-state index in [1.54, 1.807) is 0 Å². The van der Waals surface area contributed by atoms with E-state index in [4.69, 9.17) is 5.73 Å². The minimum Gasteiger partial charge on any atom is -1.00 e. The zero-order valence-corrected chi connectivity index (χ0v) is 12.7. The van der Waals surface area contributed by atoms with Crippen LogP contribution in [0.15, 0.2) is 36.9 Å². The van der Waals surface area contributed by atoms with Crippen LogP contribution in [-0.4, -0.2) is 17.7 Å². The molecule has 0 radical (unpaired) electrons. The number of nitrogens with zero attached hydrogens (tertiary/aromatic N) is 3. The summed E-state index contributed by atoms with van der Waals surface area (Å²) in [4.78, 5) is 2.44. The van der Waals surface area contributed by atoms with Crippen LogP contribution in [-0.2, 0) is 7.05 Å². The summed E-state index contributed by atoms with van der Waals surface area (Å²) in [5.74, 6) is 0. The van der Waals surface area contributed by atoms with Crippen LogP contribution in [0.4, 0.5) is 11.4 Å². The third-order valence-electron chi connectivity index (χ3n) is 3.99. The Morgan fingerprint density at radius 1 is 1.33 bits per heavy atom. The van der Waals surface area contributed by atoms with Crippen molar-refractivity contribution in [1.29, 1.82) is 0 Å². The molecule has 1 aromatic carbocycles. The lowest BCUT2D eigenvalue weighted by Crippen LogP contribution is -3.00. The van der Waals surface area contributed by atoms with Gasteiger partial charge in [-0.1, -0.05) is 7.43 Å². The first-order valence-corrected chi connectivity index (χ1v) is 6.77. The Bertz CT molecular complexity index is 594. The number of rotatable bonds is 2. The van der Waals surface area contributed by atoms with Gasteiger partial charge in [0.15, 0.2) is 0 Å². The lowest BCUT2D eigenvalue weighted by atomic mass is 10.2. The van der Waals surface area contributed by atoms with Gasteiger partial charge >= 0.3 is 0 Å².